The lowest BCUT2D eigenvalue weighted by Gasteiger charge is -2.15. The molecule has 0 radical (unpaired) electrons. The second kappa shape index (κ2) is 9.54. The van der Waals surface area contributed by atoms with E-state index in [4.69, 9.17) is 0 Å². The maximum atomic E-state index is 12.4. The smallest absolute Gasteiger partial charge is 0.253 e. The van der Waals surface area contributed by atoms with Crippen LogP contribution in [0, 0.1) is 6.92 Å². The van der Waals surface area contributed by atoms with Crippen LogP contribution in [0.1, 0.15) is 34.6 Å². The van der Waals surface area contributed by atoms with Gasteiger partial charge in [0.1, 0.15) is 5.82 Å². The minimum Gasteiger partial charge on any atom is -0.351 e. The van der Waals surface area contributed by atoms with Crippen LogP contribution in [0.2, 0.25) is 0 Å². The summed E-state index contributed by atoms with van der Waals surface area (Å²) < 4.78 is 1.92. The average Bonchev–Trinajstić information content (AvgIpc) is 3.36. The molecule has 0 spiro atoms. The summed E-state index contributed by atoms with van der Waals surface area (Å²) in [5.74, 6) is 1.07. The lowest BCUT2D eigenvalue weighted by molar-refractivity contribution is -0.118. The number of thioether (sulfide) groups is 1. The van der Waals surface area contributed by atoms with Crippen molar-refractivity contribution in [2.45, 2.75) is 38.0 Å². The van der Waals surface area contributed by atoms with Crippen molar-refractivity contribution in [3.8, 4) is 0 Å². The molecule has 7 nitrogen and oxygen atoms in total. The van der Waals surface area contributed by atoms with Gasteiger partial charge in [0.25, 0.3) is 5.91 Å². The van der Waals surface area contributed by atoms with E-state index in [1.54, 1.807) is 6.08 Å². The molecule has 2 heterocycles. The normalized spacial score (nSPS) is 13.5. The molecule has 0 saturated carbocycles. The van der Waals surface area contributed by atoms with Crippen LogP contribution in [-0.2, 0) is 17.9 Å². The molecular weight excluding hydrogens is 374 g/mol. The maximum Gasteiger partial charge on any atom is 0.253 e. The molecule has 148 valence electrons. The first-order chi connectivity index (χ1) is 13.6. The molecule has 0 atom stereocenters. The minimum absolute atomic E-state index is 0.0759. The van der Waals surface area contributed by atoms with Gasteiger partial charge in [-0.25, -0.2) is 0 Å². The number of likely N-dealkylation sites (tertiary alicyclic amines) is 1. The summed E-state index contributed by atoms with van der Waals surface area (Å²) in [5.41, 5.74) is 1.66. The van der Waals surface area contributed by atoms with Gasteiger partial charge < -0.3 is 14.8 Å². The first kappa shape index (κ1) is 20.1. The van der Waals surface area contributed by atoms with Crippen LogP contribution in [0.3, 0.4) is 0 Å². The summed E-state index contributed by atoms with van der Waals surface area (Å²) in [5, 5.41) is 11.7. The average molecular weight is 400 g/mol. The molecule has 1 N–H and O–H groups in total. The summed E-state index contributed by atoms with van der Waals surface area (Å²) in [4.78, 5) is 26.4. The highest BCUT2D eigenvalue weighted by atomic mass is 32.2. The van der Waals surface area contributed by atoms with Gasteiger partial charge in [0.15, 0.2) is 5.16 Å². The van der Waals surface area contributed by atoms with E-state index in [-0.39, 0.29) is 17.6 Å². The number of hydrogen-bond donors (Lipinski definition) is 1. The summed E-state index contributed by atoms with van der Waals surface area (Å²) in [7, 11) is 0. The van der Waals surface area contributed by atoms with Crippen molar-refractivity contribution >= 4 is 23.6 Å². The Morgan fingerprint density at radius 3 is 2.61 bits per heavy atom. The van der Waals surface area contributed by atoms with E-state index in [0.29, 0.717) is 23.8 Å². The lowest BCUT2D eigenvalue weighted by atomic mass is 10.1. The second-order valence-corrected chi connectivity index (χ2v) is 7.63. The number of allylic oxidation sites excluding steroid dienone is 1. The molecule has 1 aromatic heterocycles. The maximum absolute atomic E-state index is 12.4. The monoisotopic (exact) mass is 399 g/mol. The Hall–Kier alpha value is -2.61. The van der Waals surface area contributed by atoms with Crippen LogP contribution >= 0.6 is 11.8 Å². The molecule has 2 amide bonds. The summed E-state index contributed by atoms with van der Waals surface area (Å²) in [6.07, 6.45) is 3.94. The van der Waals surface area contributed by atoms with Crippen molar-refractivity contribution in [3.05, 3.63) is 53.9 Å². The van der Waals surface area contributed by atoms with Crippen molar-refractivity contribution in [1.82, 2.24) is 25.0 Å². The number of rotatable bonds is 8. The molecular formula is C20H25N5O2S. The quantitative estimate of drug-likeness (QED) is 0.545. The molecule has 1 aromatic carbocycles. The van der Waals surface area contributed by atoms with E-state index in [2.05, 4.69) is 22.1 Å². The Bertz CT molecular complexity index is 841. The number of nitrogens with one attached hydrogen (secondary N) is 1. The van der Waals surface area contributed by atoms with Gasteiger partial charge in [-0.2, -0.15) is 0 Å². The SMILES string of the molecule is C=CCn1c(C)nnc1SCC(=O)NCc1ccc(C(=O)N2CCCC2)cc1. The standard InChI is InChI=1S/C20H25N5O2S/c1-3-10-25-15(2)22-23-20(25)28-14-18(26)21-13-16-6-8-17(9-7-16)19(27)24-11-4-5-12-24/h3,6-9H,1,4-5,10-14H2,2H3,(H,21,26). The van der Waals surface area contributed by atoms with E-state index in [9.17, 15) is 9.59 Å². The lowest BCUT2D eigenvalue weighted by Crippen LogP contribution is -2.27. The second-order valence-electron chi connectivity index (χ2n) is 6.69. The minimum atomic E-state index is -0.0759. The van der Waals surface area contributed by atoms with Gasteiger partial charge in [-0.05, 0) is 37.5 Å². The van der Waals surface area contributed by atoms with Crippen LogP contribution in [0.5, 0.6) is 0 Å². The Morgan fingerprint density at radius 2 is 1.93 bits per heavy atom. The summed E-state index contributed by atoms with van der Waals surface area (Å²) >= 11 is 1.35. The third-order valence-corrected chi connectivity index (χ3v) is 5.60. The van der Waals surface area contributed by atoms with E-state index in [1.165, 1.54) is 11.8 Å². The highest BCUT2D eigenvalue weighted by Crippen LogP contribution is 2.17. The van der Waals surface area contributed by atoms with Crippen molar-refractivity contribution < 1.29 is 9.59 Å². The predicted molar refractivity (Wildman–Crippen MR) is 109 cm³/mol. The van der Waals surface area contributed by atoms with Crippen molar-refractivity contribution in [3.63, 3.8) is 0 Å². The number of aryl methyl sites for hydroxylation is 1. The third kappa shape index (κ3) is 5.01. The number of amides is 2. The third-order valence-electron chi connectivity index (χ3n) is 4.63. The molecule has 0 bridgehead atoms. The van der Waals surface area contributed by atoms with Gasteiger partial charge in [0.2, 0.25) is 5.91 Å². The fraction of sp³-hybridized carbons (Fsp3) is 0.400. The fourth-order valence-electron chi connectivity index (χ4n) is 3.06. The fourth-order valence-corrected chi connectivity index (χ4v) is 3.88. The highest BCUT2D eigenvalue weighted by Gasteiger charge is 2.19. The molecule has 1 aliphatic heterocycles. The van der Waals surface area contributed by atoms with Crippen molar-refractivity contribution in [1.29, 1.82) is 0 Å². The van der Waals surface area contributed by atoms with Gasteiger partial charge in [0, 0.05) is 31.7 Å². The molecule has 3 rings (SSSR count). The van der Waals surface area contributed by atoms with Crippen LogP contribution in [0.25, 0.3) is 0 Å². The molecule has 8 heteroatoms. The summed E-state index contributed by atoms with van der Waals surface area (Å²) in [6, 6.07) is 7.44. The van der Waals surface area contributed by atoms with Gasteiger partial charge in [-0.3, -0.25) is 9.59 Å². The predicted octanol–water partition coefficient (Wildman–Crippen LogP) is 2.42. The van der Waals surface area contributed by atoms with Crippen LogP contribution in [-0.4, -0.2) is 50.3 Å². The molecule has 1 fully saturated rings. The number of hydrogen-bond acceptors (Lipinski definition) is 5. The van der Waals surface area contributed by atoms with Gasteiger partial charge in [0.05, 0.1) is 5.75 Å². The van der Waals surface area contributed by atoms with Gasteiger partial charge in [-0.1, -0.05) is 30.0 Å². The number of aromatic nitrogens is 3. The van der Waals surface area contributed by atoms with Crippen LogP contribution in [0.15, 0.2) is 42.1 Å². The largest absolute Gasteiger partial charge is 0.351 e. The number of carbonyl (C=O) groups excluding carboxylic acids is 2. The molecule has 0 aliphatic carbocycles. The Balaban J connectivity index is 1.47. The Labute approximate surface area is 169 Å². The van der Waals surface area contributed by atoms with Gasteiger partial charge >= 0.3 is 0 Å². The zero-order valence-electron chi connectivity index (χ0n) is 16.1. The van der Waals surface area contributed by atoms with Crippen molar-refractivity contribution in [2.24, 2.45) is 0 Å². The molecule has 1 saturated heterocycles. The molecule has 2 aromatic rings. The molecule has 28 heavy (non-hydrogen) atoms. The first-order valence-corrected chi connectivity index (χ1v) is 10.4. The topological polar surface area (TPSA) is 80.1 Å². The van der Waals surface area contributed by atoms with E-state index >= 15 is 0 Å². The van der Waals surface area contributed by atoms with E-state index in [0.717, 1.165) is 37.3 Å². The van der Waals surface area contributed by atoms with Gasteiger partial charge in [-0.15, -0.1) is 16.8 Å². The van der Waals surface area contributed by atoms with E-state index < -0.39 is 0 Å². The zero-order valence-corrected chi connectivity index (χ0v) is 16.9. The van der Waals surface area contributed by atoms with E-state index in [1.807, 2.05) is 40.7 Å². The molecule has 0 unspecified atom stereocenters. The zero-order chi connectivity index (χ0) is 19.9. The number of carbonyl (C=O) groups is 2. The Kier molecular flexibility index (Phi) is 6.86. The number of nitrogens with zero attached hydrogens (tertiary/aromatic N) is 4. The Morgan fingerprint density at radius 1 is 1.21 bits per heavy atom. The first-order valence-electron chi connectivity index (χ1n) is 9.37. The summed E-state index contributed by atoms with van der Waals surface area (Å²) in [6.45, 7) is 8.33. The molecule has 1 aliphatic rings. The van der Waals surface area contributed by atoms with Crippen LogP contribution in [0.4, 0.5) is 0 Å². The van der Waals surface area contributed by atoms with Crippen LogP contribution < -0.4 is 5.32 Å². The number of benzene rings is 1. The highest BCUT2D eigenvalue weighted by molar-refractivity contribution is 7.99. The van der Waals surface area contributed by atoms with Crippen molar-refractivity contribution in [2.75, 3.05) is 18.8 Å².